The minimum Gasteiger partial charge on any atom is -0.311 e. The Morgan fingerprint density at radius 3 is 2.65 bits per heavy atom. The molecule has 136 valence electrons. The number of nitrogens with zero attached hydrogens (tertiary/aromatic N) is 3. The van der Waals surface area contributed by atoms with E-state index in [9.17, 15) is 9.59 Å². The first-order valence-electron chi connectivity index (χ1n) is 8.81. The quantitative estimate of drug-likeness (QED) is 0.689. The fourth-order valence-corrected chi connectivity index (χ4v) is 4.05. The number of anilines is 1. The maximum absolute atomic E-state index is 12.9. The molecule has 0 fully saturated rings. The van der Waals surface area contributed by atoms with Crippen LogP contribution in [-0.4, -0.2) is 22.0 Å². The van der Waals surface area contributed by atoms with Crippen molar-refractivity contribution >= 4 is 33.1 Å². The Hall–Kier alpha value is -2.47. The van der Waals surface area contributed by atoms with Crippen LogP contribution in [0.3, 0.4) is 0 Å². The summed E-state index contributed by atoms with van der Waals surface area (Å²) in [7, 11) is 0. The van der Waals surface area contributed by atoms with Gasteiger partial charge in [0.25, 0.3) is 5.56 Å². The van der Waals surface area contributed by atoms with Gasteiger partial charge in [0.05, 0.1) is 5.39 Å². The first-order valence-corrected chi connectivity index (χ1v) is 9.63. The minimum absolute atomic E-state index is 0.00725. The Kier molecular flexibility index (Phi) is 5.23. The van der Waals surface area contributed by atoms with E-state index in [4.69, 9.17) is 0 Å². The normalized spacial score (nSPS) is 11.1. The zero-order chi connectivity index (χ0) is 18.8. The number of rotatable bonds is 5. The fourth-order valence-electron chi connectivity index (χ4n) is 3.05. The molecule has 6 heteroatoms. The largest absolute Gasteiger partial charge is 0.311 e. The Morgan fingerprint density at radius 1 is 1.23 bits per heavy atom. The van der Waals surface area contributed by atoms with Gasteiger partial charge in [-0.15, -0.1) is 11.3 Å². The third kappa shape index (κ3) is 3.42. The topological polar surface area (TPSA) is 55.2 Å². The van der Waals surface area contributed by atoms with Crippen LogP contribution in [0.2, 0.25) is 0 Å². The van der Waals surface area contributed by atoms with Gasteiger partial charge in [-0.05, 0) is 51.0 Å². The van der Waals surface area contributed by atoms with Crippen LogP contribution in [0.1, 0.15) is 30.1 Å². The second kappa shape index (κ2) is 7.41. The van der Waals surface area contributed by atoms with Crippen LogP contribution < -0.4 is 10.5 Å². The van der Waals surface area contributed by atoms with Crippen molar-refractivity contribution in [1.82, 2.24) is 9.55 Å². The van der Waals surface area contributed by atoms with E-state index in [1.54, 1.807) is 23.2 Å². The van der Waals surface area contributed by atoms with Gasteiger partial charge >= 0.3 is 0 Å². The molecule has 26 heavy (non-hydrogen) atoms. The molecule has 0 radical (unpaired) electrons. The Balaban J connectivity index is 1.97. The summed E-state index contributed by atoms with van der Waals surface area (Å²) in [6.07, 6.45) is 0.870. The number of hydrogen-bond donors (Lipinski definition) is 0. The molecule has 0 spiro atoms. The second-order valence-corrected chi connectivity index (χ2v) is 7.43. The highest BCUT2D eigenvalue weighted by atomic mass is 32.1. The Bertz CT molecular complexity index is 1020. The summed E-state index contributed by atoms with van der Waals surface area (Å²) in [4.78, 5) is 33.9. The lowest BCUT2D eigenvalue weighted by molar-refractivity contribution is -0.119. The van der Waals surface area contributed by atoms with Crippen LogP contribution >= 0.6 is 11.3 Å². The van der Waals surface area contributed by atoms with Gasteiger partial charge in [-0.1, -0.05) is 19.1 Å². The molecule has 5 nitrogen and oxygen atoms in total. The predicted molar refractivity (Wildman–Crippen MR) is 107 cm³/mol. The molecule has 1 aromatic carbocycles. The molecular weight excluding hydrogens is 346 g/mol. The maximum atomic E-state index is 12.9. The number of carbonyl (C=O) groups excluding carboxylic acids is 1. The van der Waals surface area contributed by atoms with Gasteiger partial charge in [0.15, 0.2) is 0 Å². The van der Waals surface area contributed by atoms with Crippen molar-refractivity contribution in [3.63, 3.8) is 0 Å². The van der Waals surface area contributed by atoms with E-state index < -0.39 is 0 Å². The highest BCUT2D eigenvalue weighted by Gasteiger charge is 2.18. The van der Waals surface area contributed by atoms with Crippen molar-refractivity contribution in [1.29, 1.82) is 0 Å². The second-order valence-electron chi connectivity index (χ2n) is 6.31. The smallest absolute Gasteiger partial charge is 0.262 e. The van der Waals surface area contributed by atoms with Crippen LogP contribution in [0.4, 0.5) is 5.69 Å². The van der Waals surface area contributed by atoms with Crippen molar-refractivity contribution in [2.45, 2.75) is 40.7 Å². The van der Waals surface area contributed by atoms with Crippen molar-refractivity contribution in [2.75, 3.05) is 11.4 Å². The minimum atomic E-state index is -0.142. The molecule has 0 bridgehead atoms. The van der Waals surface area contributed by atoms with Crippen molar-refractivity contribution in [3.05, 3.63) is 57.0 Å². The molecule has 0 saturated heterocycles. The molecule has 0 atom stereocenters. The van der Waals surface area contributed by atoms with E-state index in [-0.39, 0.29) is 18.0 Å². The van der Waals surface area contributed by atoms with E-state index >= 15 is 0 Å². The third-order valence-electron chi connectivity index (χ3n) is 4.47. The lowest BCUT2D eigenvalue weighted by Crippen LogP contribution is -2.37. The number of carbonyl (C=O) groups is 1. The van der Waals surface area contributed by atoms with Gasteiger partial charge in [-0.25, -0.2) is 4.98 Å². The number of aromatic nitrogens is 2. The van der Waals surface area contributed by atoms with Crippen LogP contribution in [-0.2, 0) is 17.8 Å². The monoisotopic (exact) mass is 369 g/mol. The standard InChI is InChI=1S/C20H23N3O2S/c1-5-16-11-17-19(26-16)21-14(4)23(20(17)25)12-18(24)22(6-2)15-9-7-8-13(3)10-15/h7-11H,5-6,12H2,1-4H3. The lowest BCUT2D eigenvalue weighted by atomic mass is 10.2. The number of fused-ring (bicyclic) bond motifs is 1. The Labute approximate surface area is 156 Å². The first kappa shape index (κ1) is 18.3. The van der Waals surface area contributed by atoms with Crippen molar-refractivity contribution in [3.8, 4) is 0 Å². The van der Waals surface area contributed by atoms with Crippen LogP contribution in [0.25, 0.3) is 10.2 Å². The van der Waals surface area contributed by atoms with E-state index in [0.717, 1.165) is 27.4 Å². The predicted octanol–water partition coefficient (Wildman–Crippen LogP) is 3.69. The summed E-state index contributed by atoms with van der Waals surface area (Å²) in [6, 6.07) is 9.72. The highest BCUT2D eigenvalue weighted by Crippen LogP contribution is 2.22. The number of aryl methyl sites for hydroxylation is 3. The van der Waals surface area contributed by atoms with Gasteiger partial charge < -0.3 is 4.90 Å². The number of hydrogen-bond acceptors (Lipinski definition) is 4. The van der Waals surface area contributed by atoms with E-state index in [2.05, 4.69) is 11.9 Å². The molecule has 3 rings (SSSR count). The molecule has 0 aliphatic carbocycles. The highest BCUT2D eigenvalue weighted by molar-refractivity contribution is 7.18. The average molecular weight is 369 g/mol. The van der Waals surface area contributed by atoms with Gasteiger partial charge in [-0.2, -0.15) is 0 Å². The molecule has 0 unspecified atom stereocenters. The third-order valence-corrected chi connectivity index (χ3v) is 5.64. The van der Waals surface area contributed by atoms with Crippen molar-refractivity contribution < 1.29 is 4.79 Å². The first-order chi connectivity index (χ1) is 12.4. The average Bonchev–Trinajstić information content (AvgIpc) is 3.02. The number of amides is 1. The van der Waals surface area contributed by atoms with Crippen molar-refractivity contribution in [2.24, 2.45) is 0 Å². The lowest BCUT2D eigenvalue weighted by Gasteiger charge is -2.22. The van der Waals surface area contributed by atoms with Gasteiger partial charge in [0, 0.05) is 17.1 Å². The number of benzene rings is 1. The molecule has 0 aliphatic heterocycles. The van der Waals surface area contributed by atoms with Gasteiger partial charge in [0.1, 0.15) is 17.2 Å². The molecule has 0 aliphatic rings. The Morgan fingerprint density at radius 2 is 2.00 bits per heavy atom. The summed E-state index contributed by atoms with van der Waals surface area (Å²) in [6.45, 7) is 8.31. The van der Waals surface area contributed by atoms with Gasteiger partial charge in [0.2, 0.25) is 5.91 Å². The van der Waals surface area contributed by atoms with E-state index in [1.807, 2.05) is 44.2 Å². The summed E-state index contributed by atoms with van der Waals surface area (Å²) in [5.74, 6) is 0.455. The molecule has 3 aromatic rings. The molecule has 2 aromatic heterocycles. The van der Waals surface area contributed by atoms with Crippen LogP contribution in [0, 0.1) is 13.8 Å². The maximum Gasteiger partial charge on any atom is 0.262 e. The molecular formula is C20H23N3O2S. The SMILES string of the molecule is CCc1cc2c(=O)n(CC(=O)N(CC)c3cccc(C)c3)c(C)nc2s1. The number of thiophene rings is 1. The number of likely N-dealkylation sites (N-methyl/N-ethyl adjacent to an activating group) is 1. The summed E-state index contributed by atoms with van der Waals surface area (Å²) in [5, 5.41) is 0.601. The fraction of sp³-hybridized carbons (Fsp3) is 0.350. The molecule has 2 heterocycles. The molecule has 0 N–H and O–H groups in total. The summed E-state index contributed by atoms with van der Waals surface area (Å²) >= 11 is 1.54. The van der Waals surface area contributed by atoms with Crippen LogP contribution in [0.5, 0.6) is 0 Å². The summed E-state index contributed by atoms with van der Waals surface area (Å²) < 4.78 is 1.48. The molecule has 0 saturated carbocycles. The zero-order valence-corrected chi connectivity index (χ0v) is 16.4. The zero-order valence-electron chi connectivity index (χ0n) is 15.6. The van der Waals surface area contributed by atoms with Gasteiger partial charge in [-0.3, -0.25) is 14.2 Å². The van der Waals surface area contributed by atoms with Crippen LogP contribution in [0.15, 0.2) is 35.1 Å². The molecule has 1 amide bonds. The van der Waals surface area contributed by atoms with E-state index in [1.165, 1.54) is 4.57 Å². The van der Waals surface area contributed by atoms with E-state index in [0.29, 0.717) is 17.8 Å². The summed E-state index contributed by atoms with van der Waals surface area (Å²) in [5.41, 5.74) is 1.80.